The van der Waals surface area contributed by atoms with E-state index < -0.39 is 0 Å². The van der Waals surface area contributed by atoms with Crippen LogP contribution in [-0.2, 0) is 0 Å². The van der Waals surface area contributed by atoms with Crippen molar-refractivity contribution in [3.63, 3.8) is 0 Å². The molecule has 0 aromatic rings. The molecule has 0 heterocycles. The molecular weight excluding hydrogens is 195 g/mol. The number of rotatable bonds is 0. The van der Waals surface area contributed by atoms with E-state index in [2.05, 4.69) is 11.5 Å². The van der Waals surface area contributed by atoms with Crippen LogP contribution < -0.4 is 62.9 Å². The average Bonchev–Trinajstić information content (AvgIpc) is 1.39. The summed E-state index contributed by atoms with van der Waals surface area (Å²) in [6, 6.07) is 0. The molecule has 5 nitrogen and oxygen atoms in total. The third-order valence-corrected chi connectivity index (χ3v) is 0. The van der Waals surface area contributed by atoms with E-state index in [4.69, 9.17) is 10.8 Å². The zero-order valence-corrected chi connectivity index (χ0v) is 7.93. The molecule has 6 heteroatoms. The van der Waals surface area contributed by atoms with Gasteiger partial charge in [0.1, 0.15) is 0 Å². The molecule has 0 aromatic heterocycles. The van der Waals surface area contributed by atoms with Crippen molar-refractivity contribution in [3.8, 4) is 0 Å². The van der Waals surface area contributed by atoms with Crippen molar-refractivity contribution in [3.05, 3.63) is 0 Å². The van der Waals surface area contributed by atoms with Crippen LogP contribution in [0.15, 0.2) is 0 Å². The van der Waals surface area contributed by atoms with E-state index in [-0.39, 0.29) is 98.3 Å². The van der Waals surface area contributed by atoms with E-state index in [0.29, 0.717) is 0 Å². The molecule has 8 N–H and O–H groups in total. The predicted octanol–water partition coefficient (Wildman–Crippen LogP) is -0.931. The van der Waals surface area contributed by atoms with Crippen molar-refractivity contribution >= 4 is 12.7 Å². The molecule has 0 aliphatic carbocycles. The third-order valence-electron chi connectivity index (χ3n) is 0. The van der Waals surface area contributed by atoms with Gasteiger partial charge in [-0.25, -0.2) is 0 Å². The third kappa shape index (κ3) is 4840. The summed E-state index contributed by atoms with van der Waals surface area (Å²) in [6.45, 7) is 0. The quantitative estimate of drug-likeness (QED) is 0.243. The van der Waals surface area contributed by atoms with E-state index in [1.54, 1.807) is 0 Å². The van der Waals surface area contributed by atoms with Gasteiger partial charge in [0.25, 0.3) is 0 Å². The molecule has 0 rings (SSSR count). The van der Waals surface area contributed by atoms with Gasteiger partial charge in [0.05, 0.1) is 12.7 Å². The molecule has 0 spiro atoms. The molecule has 0 radical (unpaired) electrons. The van der Waals surface area contributed by atoms with E-state index in [1.165, 1.54) is 0 Å². The Balaban J connectivity index is -0.00000000123. The van der Waals surface area contributed by atoms with E-state index in [9.17, 15) is 0 Å². The Bertz CT molecular complexity index is 52.6. The van der Waals surface area contributed by atoms with Gasteiger partial charge in [-0.2, -0.15) is 0 Å². The second-order valence-corrected chi connectivity index (χ2v) is 0.333. The topological polar surface area (TPSA) is 131 Å². The van der Waals surface area contributed by atoms with E-state index in [0.717, 1.165) is 12.7 Å². The van der Waals surface area contributed by atoms with E-state index >= 15 is 0 Å². The molecular formula is C7H35KN4O. The van der Waals surface area contributed by atoms with Gasteiger partial charge in [0.15, 0.2) is 0 Å². The summed E-state index contributed by atoms with van der Waals surface area (Å²) in [5.74, 6) is 0. The number of nitrogens with two attached hydrogens (primary N) is 2. The molecule has 0 aliphatic heterocycles. The van der Waals surface area contributed by atoms with Gasteiger partial charge >= 0.3 is 51.4 Å². The summed E-state index contributed by atoms with van der Waals surface area (Å²) >= 11 is 0. The van der Waals surface area contributed by atoms with Crippen molar-refractivity contribution in [1.29, 1.82) is 10.8 Å². The Morgan fingerprint density at radius 3 is 0.846 bits per heavy atom. The minimum atomic E-state index is 0. The Morgan fingerprint density at radius 2 is 0.846 bits per heavy atom. The summed E-state index contributed by atoms with van der Waals surface area (Å²) in [6.07, 6.45) is 1.50. The van der Waals surface area contributed by atoms with Crippen LogP contribution in [0, 0.1) is 10.8 Å². The van der Waals surface area contributed by atoms with Crippen molar-refractivity contribution in [2.75, 3.05) is 0 Å². The Morgan fingerprint density at radius 1 is 0.846 bits per heavy atom. The van der Waals surface area contributed by atoms with Crippen molar-refractivity contribution in [2.45, 2.75) is 37.1 Å². The first-order valence-electron chi connectivity index (χ1n) is 1.24. The molecule has 0 amide bonds. The number of hydrogen-bond donors (Lipinski definition) is 4. The first-order chi connectivity index (χ1) is 2.83. The molecule has 0 aliphatic rings. The fourth-order valence-electron chi connectivity index (χ4n) is 0. The Kier molecular flexibility index (Phi) is 2060. The fraction of sp³-hybridized carbons (Fsp3) is 0.714. The molecule has 0 aromatic carbocycles. The monoisotopic (exact) mass is 230 g/mol. The van der Waals surface area contributed by atoms with Crippen LogP contribution in [0.1, 0.15) is 41.4 Å². The normalized spacial score (nSPS) is 1.85. The summed E-state index contributed by atoms with van der Waals surface area (Å²) < 4.78 is 0. The van der Waals surface area contributed by atoms with Gasteiger partial charge in [-0.3, -0.25) is 10.8 Å². The van der Waals surface area contributed by atoms with Gasteiger partial charge in [0.2, 0.25) is 0 Å². The maximum Gasteiger partial charge on any atom is 1.00 e. The standard InChI is InChI=1S/2CH4N2.5CH4.K.H2O.2H2.H/c2*2-1-3;;;;;;;;;;/h2*1H,(H3,2,3);5*1H4;;1H2;2*1H;/q;;;;;;;+1;;;;-1. The molecule has 0 saturated heterocycles. The Labute approximate surface area is 132 Å². The van der Waals surface area contributed by atoms with Gasteiger partial charge in [-0.05, 0) is 0 Å². The molecule has 0 unspecified atom stereocenters. The van der Waals surface area contributed by atoms with Crippen LogP contribution in [0.2, 0.25) is 0 Å². The zero-order chi connectivity index (χ0) is 5.41. The molecule has 0 fully saturated rings. The first-order valence-corrected chi connectivity index (χ1v) is 1.24. The summed E-state index contributed by atoms with van der Waals surface area (Å²) in [5.41, 5.74) is 8.78. The molecule has 13 heavy (non-hydrogen) atoms. The smallest absolute Gasteiger partial charge is 1.00 e. The van der Waals surface area contributed by atoms with Crippen LogP contribution in [0.25, 0.3) is 0 Å². The van der Waals surface area contributed by atoms with Crippen LogP contribution in [-0.4, -0.2) is 18.2 Å². The van der Waals surface area contributed by atoms with Gasteiger partial charge in [0, 0.05) is 2.85 Å². The van der Waals surface area contributed by atoms with Crippen molar-refractivity contribution in [1.82, 2.24) is 0 Å². The molecule has 0 bridgehead atoms. The van der Waals surface area contributed by atoms with Crippen LogP contribution in [0.5, 0.6) is 0 Å². The van der Waals surface area contributed by atoms with Gasteiger partial charge < -0.3 is 18.4 Å². The summed E-state index contributed by atoms with van der Waals surface area (Å²) in [4.78, 5) is 0. The maximum absolute atomic E-state index is 5.86. The van der Waals surface area contributed by atoms with Gasteiger partial charge in [-0.1, -0.05) is 37.1 Å². The maximum atomic E-state index is 5.86. The molecule has 0 atom stereocenters. The minimum Gasteiger partial charge on any atom is -1.00 e. The Hall–Kier alpha value is 0.536. The summed E-state index contributed by atoms with van der Waals surface area (Å²) in [5, 5.41) is 11.7. The second-order valence-electron chi connectivity index (χ2n) is 0.333. The van der Waals surface area contributed by atoms with Crippen LogP contribution in [0.3, 0.4) is 0 Å². The first kappa shape index (κ1) is 103. The number of hydrogen-bond acceptors (Lipinski definition) is 2. The van der Waals surface area contributed by atoms with Crippen LogP contribution in [0.4, 0.5) is 0 Å². The van der Waals surface area contributed by atoms with Gasteiger partial charge in [-0.15, -0.1) is 0 Å². The van der Waals surface area contributed by atoms with Crippen LogP contribution >= 0.6 is 0 Å². The predicted molar refractivity (Wildman–Crippen MR) is 68.6 cm³/mol. The minimum absolute atomic E-state index is 0. The molecule has 90 valence electrons. The van der Waals surface area contributed by atoms with E-state index in [1.807, 2.05) is 0 Å². The second kappa shape index (κ2) is 259. The average molecular weight is 230 g/mol. The largest absolute Gasteiger partial charge is 1.00 e. The van der Waals surface area contributed by atoms with Crippen molar-refractivity contribution < 1.29 is 61.1 Å². The van der Waals surface area contributed by atoms with Crippen molar-refractivity contribution in [2.24, 2.45) is 11.5 Å². The SMILES string of the molecule is C.C.C.C.C.N=CN.N=CN.O.[H-].[HH].[HH].[K+]. The summed E-state index contributed by atoms with van der Waals surface area (Å²) in [7, 11) is 0. The number of nitrogens with one attached hydrogen (secondary N) is 2. The molecule has 0 saturated carbocycles. The zero-order valence-electron chi connectivity index (χ0n) is 5.81. The fourth-order valence-corrected chi connectivity index (χ4v) is 0.